The van der Waals surface area contributed by atoms with Crippen LogP contribution in [-0.2, 0) is 11.3 Å². The van der Waals surface area contributed by atoms with E-state index in [1.165, 1.54) is 7.05 Å². The molecule has 0 radical (unpaired) electrons. The number of carbonyl (C=O) groups is 2. The number of aromatic nitrogens is 4. The lowest BCUT2D eigenvalue weighted by molar-refractivity contribution is 0.0989. The Morgan fingerprint density at radius 2 is 2.03 bits per heavy atom. The van der Waals surface area contributed by atoms with Crippen LogP contribution in [0.15, 0.2) is 43.0 Å². The molecule has 33 heavy (non-hydrogen) atoms. The second-order valence-electron chi connectivity index (χ2n) is 7.46. The molecule has 2 aromatic heterocycles. The molecule has 1 aliphatic heterocycles. The molecule has 0 fully saturated rings. The first-order chi connectivity index (χ1) is 16.0. The number of nitrogens with one attached hydrogen (secondary N) is 2. The molecule has 1 aliphatic rings. The van der Waals surface area contributed by atoms with Gasteiger partial charge in [-0.3, -0.25) is 4.79 Å². The van der Waals surface area contributed by atoms with Crippen molar-refractivity contribution in [2.75, 3.05) is 48.8 Å². The highest BCUT2D eigenvalue weighted by Gasteiger charge is 2.28. The van der Waals surface area contributed by atoms with Crippen LogP contribution in [-0.4, -0.2) is 65.2 Å². The molecule has 0 saturated carbocycles. The lowest BCUT2D eigenvalue weighted by Gasteiger charge is -2.21. The van der Waals surface area contributed by atoms with Crippen molar-refractivity contribution >= 4 is 29.5 Å². The van der Waals surface area contributed by atoms with Crippen molar-refractivity contribution in [3.63, 3.8) is 0 Å². The summed E-state index contributed by atoms with van der Waals surface area (Å²) in [6.45, 7) is 3.85. The van der Waals surface area contributed by atoms with Gasteiger partial charge in [-0.1, -0.05) is 6.07 Å². The quantitative estimate of drug-likeness (QED) is 0.586. The van der Waals surface area contributed by atoms with Crippen LogP contribution in [0.5, 0.6) is 0 Å². The van der Waals surface area contributed by atoms with Gasteiger partial charge >= 0.3 is 6.09 Å². The van der Waals surface area contributed by atoms with Crippen LogP contribution in [0.3, 0.4) is 0 Å². The summed E-state index contributed by atoms with van der Waals surface area (Å²) in [4.78, 5) is 41.5. The number of ether oxygens (including phenoxy) is 1. The van der Waals surface area contributed by atoms with Gasteiger partial charge in [0.05, 0.1) is 12.0 Å². The fourth-order valence-electron chi connectivity index (χ4n) is 3.52. The second-order valence-corrected chi connectivity index (χ2v) is 7.46. The van der Waals surface area contributed by atoms with E-state index in [0.29, 0.717) is 42.7 Å². The Labute approximate surface area is 191 Å². The molecule has 0 unspecified atom stereocenters. The average Bonchev–Trinajstić information content (AvgIpc) is 3.27. The topological polar surface area (TPSA) is 118 Å². The van der Waals surface area contributed by atoms with E-state index in [4.69, 9.17) is 4.74 Å². The fraction of sp³-hybridized carbons (Fsp3) is 0.318. The molecule has 0 spiro atoms. The van der Waals surface area contributed by atoms with Gasteiger partial charge in [-0.15, -0.1) is 0 Å². The van der Waals surface area contributed by atoms with Crippen LogP contribution in [0.2, 0.25) is 0 Å². The molecule has 0 bridgehead atoms. The normalized spacial score (nSPS) is 13.4. The molecule has 1 aromatic carbocycles. The predicted octanol–water partition coefficient (Wildman–Crippen LogP) is 2.05. The molecule has 3 aromatic rings. The van der Waals surface area contributed by atoms with E-state index < -0.39 is 6.09 Å². The first kappa shape index (κ1) is 22.1. The highest BCUT2D eigenvalue weighted by molar-refractivity contribution is 6.09. The maximum atomic E-state index is 13.4. The monoisotopic (exact) mass is 450 g/mol. The number of rotatable bonds is 6. The third-order valence-corrected chi connectivity index (χ3v) is 5.23. The lowest BCUT2D eigenvalue weighted by Crippen LogP contribution is -2.33. The summed E-state index contributed by atoms with van der Waals surface area (Å²) in [5.74, 6) is 0.961. The highest BCUT2D eigenvalue weighted by atomic mass is 16.5. The second kappa shape index (κ2) is 9.55. The minimum Gasteiger partial charge on any atom is -0.443 e. The molecule has 2 amide bonds. The summed E-state index contributed by atoms with van der Waals surface area (Å²) < 4.78 is 6.86. The Morgan fingerprint density at radius 3 is 2.82 bits per heavy atom. The molecule has 3 heterocycles. The maximum Gasteiger partial charge on any atom is 0.407 e. The van der Waals surface area contributed by atoms with Gasteiger partial charge in [0.25, 0.3) is 5.91 Å². The van der Waals surface area contributed by atoms with Gasteiger partial charge < -0.3 is 29.7 Å². The smallest absolute Gasteiger partial charge is 0.407 e. The van der Waals surface area contributed by atoms with Crippen LogP contribution < -0.4 is 20.4 Å². The number of anilines is 3. The standard InChI is InChI=1S/C22H26N8O3/c1-4-24-21-25-11-18-19(27-21)28(3)8-9-30(20(18)31)17-7-5-6-16(10-17)29-12-15(26-14-29)13-33-22(32)23-2/h5-7,10-12,14H,4,8-9,13H2,1-3H3,(H,23,32)(H,24,25,27). The summed E-state index contributed by atoms with van der Waals surface area (Å²) in [7, 11) is 3.42. The number of hydrogen-bond donors (Lipinski definition) is 2. The average molecular weight is 451 g/mol. The number of hydrogen-bond acceptors (Lipinski definition) is 8. The third kappa shape index (κ3) is 4.71. The Kier molecular flexibility index (Phi) is 6.38. The van der Waals surface area contributed by atoms with Gasteiger partial charge in [-0.05, 0) is 25.1 Å². The van der Waals surface area contributed by atoms with E-state index in [9.17, 15) is 9.59 Å². The molecule has 2 N–H and O–H groups in total. The van der Waals surface area contributed by atoms with Gasteiger partial charge in [0.2, 0.25) is 5.95 Å². The minimum absolute atomic E-state index is 0.0645. The molecule has 0 saturated heterocycles. The van der Waals surface area contributed by atoms with E-state index in [1.54, 1.807) is 23.6 Å². The molecular weight excluding hydrogens is 424 g/mol. The van der Waals surface area contributed by atoms with Crippen LogP contribution in [0.25, 0.3) is 5.69 Å². The van der Waals surface area contributed by atoms with Crippen molar-refractivity contribution in [3.8, 4) is 5.69 Å². The van der Waals surface area contributed by atoms with Crippen molar-refractivity contribution < 1.29 is 14.3 Å². The zero-order chi connectivity index (χ0) is 23.4. The number of alkyl carbamates (subject to hydrolysis) is 1. The van der Waals surface area contributed by atoms with Gasteiger partial charge in [-0.2, -0.15) is 4.98 Å². The van der Waals surface area contributed by atoms with Crippen molar-refractivity contribution in [3.05, 3.63) is 54.2 Å². The zero-order valence-corrected chi connectivity index (χ0v) is 18.8. The number of imidazole rings is 1. The Bertz CT molecular complexity index is 1160. The van der Waals surface area contributed by atoms with Crippen molar-refractivity contribution in [2.45, 2.75) is 13.5 Å². The lowest BCUT2D eigenvalue weighted by atomic mass is 10.2. The van der Waals surface area contributed by atoms with Gasteiger partial charge in [0, 0.05) is 57.5 Å². The Balaban J connectivity index is 1.59. The largest absolute Gasteiger partial charge is 0.443 e. The predicted molar refractivity (Wildman–Crippen MR) is 124 cm³/mol. The third-order valence-electron chi connectivity index (χ3n) is 5.23. The molecule has 4 rings (SSSR count). The van der Waals surface area contributed by atoms with E-state index in [1.807, 2.05) is 47.7 Å². The summed E-state index contributed by atoms with van der Waals surface area (Å²) in [6, 6.07) is 7.62. The van der Waals surface area contributed by atoms with E-state index in [2.05, 4.69) is 25.6 Å². The van der Waals surface area contributed by atoms with E-state index in [-0.39, 0.29) is 12.5 Å². The number of amides is 2. The first-order valence-corrected chi connectivity index (χ1v) is 10.6. The van der Waals surface area contributed by atoms with Gasteiger partial charge in [0.15, 0.2) is 0 Å². The summed E-state index contributed by atoms with van der Waals surface area (Å²) in [6.07, 6.45) is 4.49. The fourth-order valence-corrected chi connectivity index (χ4v) is 3.52. The number of fused-ring (bicyclic) bond motifs is 1. The zero-order valence-electron chi connectivity index (χ0n) is 18.8. The van der Waals surface area contributed by atoms with E-state index in [0.717, 1.165) is 11.4 Å². The number of benzene rings is 1. The molecule has 11 heteroatoms. The highest BCUT2D eigenvalue weighted by Crippen LogP contribution is 2.27. The van der Waals surface area contributed by atoms with Crippen LogP contribution >= 0.6 is 0 Å². The summed E-state index contributed by atoms with van der Waals surface area (Å²) in [5, 5.41) is 5.49. The number of nitrogens with zero attached hydrogens (tertiary/aromatic N) is 6. The summed E-state index contributed by atoms with van der Waals surface area (Å²) >= 11 is 0. The molecule has 172 valence electrons. The molecule has 0 aliphatic carbocycles. The van der Waals surface area contributed by atoms with E-state index >= 15 is 0 Å². The minimum atomic E-state index is -0.516. The van der Waals surface area contributed by atoms with Crippen molar-refractivity contribution in [2.24, 2.45) is 0 Å². The van der Waals surface area contributed by atoms with Crippen molar-refractivity contribution in [1.29, 1.82) is 0 Å². The van der Waals surface area contributed by atoms with Crippen molar-refractivity contribution in [1.82, 2.24) is 24.8 Å². The molecular formula is C22H26N8O3. The Morgan fingerprint density at radius 1 is 1.21 bits per heavy atom. The molecule has 11 nitrogen and oxygen atoms in total. The number of likely N-dealkylation sites (N-methyl/N-ethyl adjacent to an activating group) is 1. The SMILES string of the molecule is CCNc1ncc2c(n1)N(C)CCN(c1cccc(-n3cnc(COC(=O)NC)c3)c1)C2=O. The number of carbonyl (C=O) groups excluding carboxylic acids is 2. The van der Waals surface area contributed by atoms with Gasteiger partial charge in [-0.25, -0.2) is 14.8 Å². The van der Waals surface area contributed by atoms with Gasteiger partial charge in [0.1, 0.15) is 18.0 Å². The first-order valence-electron chi connectivity index (χ1n) is 10.6. The Hall–Kier alpha value is -4.15. The van der Waals surface area contributed by atoms with Crippen LogP contribution in [0.1, 0.15) is 23.0 Å². The van der Waals surface area contributed by atoms with Crippen LogP contribution in [0.4, 0.5) is 22.2 Å². The summed E-state index contributed by atoms with van der Waals surface area (Å²) in [5.41, 5.74) is 2.65. The van der Waals surface area contributed by atoms with Crippen LogP contribution in [0, 0.1) is 0 Å². The molecule has 0 atom stereocenters. The maximum absolute atomic E-state index is 13.4.